The van der Waals surface area contributed by atoms with E-state index in [2.05, 4.69) is 25.9 Å². The summed E-state index contributed by atoms with van der Waals surface area (Å²) in [5.41, 5.74) is 1.33. The van der Waals surface area contributed by atoms with Crippen LogP contribution in [0.15, 0.2) is 54.9 Å². The molecule has 0 spiro atoms. The number of halogens is 4. The van der Waals surface area contributed by atoms with Crippen molar-refractivity contribution in [3.63, 3.8) is 0 Å². The van der Waals surface area contributed by atoms with Crippen LogP contribution in [-0.2, 0) is 7.05 Å². The summed E-state index contributed by atoms with van der Waals surface area (Å²) in [6.45, 7) is -0.718. The van der Waals surface area contributed by atoms with Crippen molar-refractivity contribution in [2.45, 2.75) is 12.5 Å². The normalized spacial score (nSPS) is 12.0. The van der Waals surface area contributed by atoms with Gasteiger partial charge in [0, 0.05) is 37.0 Å². The molecule has 0 saturated heterocycles. The molecule has 4 rings (SSSR count). The van der Waals surface area contributed by atoms with Gasteiger partial charge in [-0.25, -0.2) is 27.2 Å². The Morgan fingerprint density at radius 3 is 2.43 bits per heavy atom. The zero-order chi connectivity index (χ0) is 26.7. The Hall–Kier alpha value is -4.32. The van der Waals surface area contributed by atoms with E-state index in [4.69, 9.17) is 0 Å². The van der Waals surface area contributed by atoms with E-state index < -0.39 is 42.2 Å². The third kappa shape index (κ3) is 5.43. The number of hydrogen-bond donors (Lipinski definition) is 3. The molecule has 1 amide bonds. The monoisotopic (exact) mass is 514 g/mol. The molecule has 12 heteroatoms. The van der Waals surface area contributed by atoms with Crippen molar-refractivity contribution < 1.29 is 27.5 Å². The van der Waals surface area contributed by atoms with Crippen LogP contribution >= 0.6 is 0 Å². The highest BCUT2D eigenvalue weighted by atomic mass is 19.3. The van der Waals surface area contributed by atoms with E-state index in [1.54, 1.807) is 37.2 Å². The Morgan fingerprint density at radius 2 is 1.81 bits per heavy atom. The summed E-state index contributed by atoms with van der Waals surface area (Å²) >= 11 is 0. The zero-order valence-electron chi connectivity index (χ0n) is 19.7. The number of aryl methyl sites for hydroxylation is 1. The van der Waals surface area contributed by atoms with Crippen molar-refractivity contribution in [2.24, 2.45) is 7.05 Å². The fraction of sp³-hybridized carbons (Fsp3) is 0.200. The van der Waals surface area contributed by atoms with Gasteiger partial charge in [-0.3, -0.25) is 4.79 Å². The number of amides is 1. The second-order valence-electron chi connectivity index (χ2n) is 8.13. The van der Waals surface area contributed by atoms with Gasteiger partial charge in [-0.2, -0.15) is 0 Å². The van der Waals surface area contributed by atoms with E-state index in [0.717, 1.165) is 18.2 Å². The van der Waals surface area contributed by atoms with E-state index in [0.29, 0.717) is 34.3 Å². The van der Waals surface area contributed by atoms with Crippen molar-refractivity contribution in [1.82, 2.24) is 25.3 Å². The SMILES string of the molecule is CNc1ncc(-c2cnnn2C)cc1-c1ccc(C(=O)N[C@H](CO)c2cc(F)cc(C(F)F)c2)c(F)c1. The molecule has 1 atom stereocenters. The quantitative estimate of drug-likeness (QED) is 0.304. The van der Waals surface area contributed by atoms with Crippen molar-refractivity contribution in [2.75, 3.05) is 19.0 Å². The number of pyridine rings is 1. The number of nitrogens with zero attached hydrogens (tertiary/aromatic N) is 4. The van der Waals surface area contributed by atoms with E-state index in [1.807, 2.05) is 0 Å². The number of nitrogens with one attached hydrogen (secondary N) is 2. The molecule has 0 fully saturated rings. The predicted octanol–water partition coefficient (Wildman–Crippen LogP) is 4.27. The molecular formula is C25H22F4N6O2. The number of anilines is 1. The van der Waals surface area contributed by atoms with Crippen LogP contribution in [0.3, 0.4) is 0 Å². The van der Waals surface area contributed by atoms with E-state index in [1.165, 1.54) is 12.1 Å². The van der Waals surface area contributed by atoms with Crippen LogP contribution in [0.25, 0.3) is 22.4 Å². The Morgan fingerprint density at radius 1 is 1.05 bits per heavy atom. The number of carbonyl (C=O) groups excluding carboxylic acids is 1. The van der Waals surface area contributed by atoms with Crippen LogP contribution in [0, 0.1) is 11.6 Å². The number of carbonyl (C=O) groups is 1. The van der Waals surface area contributed by atoms with Gasteiger partial charge in [-0.1, -0.05) is 11.3 Å². The zero-order valence-corrected chi connectivity index (χ0v) is 19.7. The van der Waals surface area contributed by atoms with E-state index >= 15 is 4.39 Å². The van der Waals surface area contributed by atoms with Gasteiger partial charge in [0.05, 0.1) is 30.1 Å². The third-order valence-electron chi connectivity index (χ3n) is 5.74. The average Bonchev–Trinajstić information content (AvgIpc) is 3.31. The Balaban J connectivity index is 1.62. The molecule has 0 radical (unpaired) electrons. The molecule has 2 aromatic heterocycles. The van der Waals surface area contributed by atoms with Crippen molar-refractivity contribution in [3.05, 3.63) is 83.2 Å². The van der Waals surface area contributed by atoms with Crippen molar-refractivity contribution in [3.8, 4) is 22.4 Å². The van der Waals surface area contributed by atoms with E-state index in [-0.39, 0.29) is 11.1 Å². The number of aliphatic hydroxyl groups excluding tert-OH is 1. The molecule has 0 aliphatic carbocycles. The van der Waals surface area contributed by atoms with Gasteiger partial charge in [-0.15, -0.1) is 5.10 Å². The first-order valence-corrected chi connectivity index (χ1v) is 11.0. The molecule has 3 N–H and O–H groups in total. The van der Waals surface area contributed by atoms with Gasteiger partial charge in [0.25, 0.3) is 12.3 Å². The number of benzene rings is 2. The maximum Gasteiger partial charge on any atom is 0.263 e. The smallest absolute Gasteiger partial charge is 0.263 e. The predicted molar refractivity (Wildman–Crippen MR) is 128 cm³/mol. The van der Waals surface area contributed by atoms with Crippen molar-refractivity contribution in [1.29, 1.82) is 0 Å². The maximum atomic E-state index is 15.1. The lowest BCUT2D eigenvalue weighted by Crippen LogP contribution is -2.31. The van der Waals surface area contributed by atoms with Gasteiger partial charge >= 0.3 is 0 Å². The number of alkyl halides is 2. The minimum Gasteiger partial charge on any atom is -0.394 e. The molecule has 4 aromatic rings. The first-order valence-electron chi connectivity index (χ1n) is 11.0. The lowest BCUT2D eigenvalue weighted by atomic mass is 10.0. The summed E-state index contributed by atoms with van der Waals surface area (Å²) in [6, 6.07) is 7.03. The molecule has 0 aliphatic heterocycles. The minimum absolute atomic E-state index is 0.0746. The molecular weight excluding hydrogens is 492 g/mol. The summed E-state index contributed by atoms with van der Waals surface area (Å²) in [6.07, 6.45) is 0.237. The number of aliphatic hydroxyl groups is 1. The average molecular weight is 514 g/mol. The fourth-order valence-corrected chi connectivity index (χ4v) is 3.88. The van der Waals surface area contributed by atoms with Gasteiger partial charge in [-0.05, 0) is 47.5 Å². The largest absolute Gasteiger partial charge is 0.394 e. The highest BCUT2D eigenvalue weighted by Crippen LogP contribution is 2.32. The molecule has 2 aromatic carbocycles. The maximum absolute atomic E-state index is 15.1. The number of rotatable bonds is 8. The van der Waals surface area contributed by atoms with Crippen LogP contribution in [0.2, 0.25) is 0 Å². The van der Waals surface area contributed by atoms with Gasteiger partial charge in [0.2, 0.25) is 0 Å². The van der Waals surface area contributed by atoms with Crippen LogP contribution in [0.4, 0.5) is 23.4 Å². The summed E-state index contributed by atoms with van der Waals surface area (Å²) in [7, 11) is 3.38. The van der Waals surface area contributed by atoms with Gasteiger partial charge in [0.1, 0.15) is 17.5 Å². The van der Waals surface area contributed by atoms with Crippen LogP contribution < -0.4 is 10.6 Å². The Kier molecular flexibility index (Phi) is 7.48. The molecule has 0 bridgehead atoms. The lowest BCUT2D eigenvalue weighted by Gasteiger charge is -2.18. The van der Waals surface area contributed by atoms with Gasteiger partial charge < -0.3 is 15.7 Å². The number of hydrogen-bond acceptors (Lipinski definition) is 6. The Labute approximate surface area is 209 Å². The molecule has 0 saturated carbocycles. The summed E-state index contributed by atoms with van der Waals surface area (Å²) in [4.78, 5) is 17.2. The van der Waals surface area contributed by atoms with E-state index in [9.17, 15) is 23.1 Å². The second-order valence-corrected chi connectivity index (χ2v) is 8.13. The summed E-state index contributed by atoms with van der Waals surface area (Å²) in [5, 5.41) is 22.8. The molecule has 2 heterocycles. The second kappa shape index (κ2) is 10.7. The molecule has 8 nitrogen and oxygen atoms in total. The van der Waals surface area contributed by atoms with Crippen molar-refractivity contribution >= 4 is 11.7 Å². The summed E-state index contributed by atoms with van der Waals surface area (Å²) in [5.74, 6) is -2.26. The highest BCUT2D eigenvalue weighted by Gasteiger charge is 2.21. The van der Waals surface area contributed by atoms with Crippen LogP contribution in [0.5, 0.6) is 0 Å². The first-order chi connectivity index (χ1) is 17.7. The lowest BCUT2D eigenvalue weighted by molar-refractivity contribution is 0.0912. The molecule has 192 valence electrons. The number of aromatic nitrogens is 4. The standard InChI is InChI=1S/C25H22F4N6O2/c1-30-24-19(8-16(10-31-24)22-11-32-34-35(22)2)13-3-4-18(20(27)9-13)25(37)33-21(12-36)14-5-15(23(28)29)7-17(26)6-14/h3-11,21,23,36H,12H2,1-2H3,(H,30,31)(H,33,37)/t21-/m1/s1. The third-order valence-corrected chi connectivity index (χ3v) is 5.74. The molecule has 0 aliphatic rings. The summed E-state index contributed by atoms with van der Waals surface area (Å²) < 4.78 is 56.6. The van der Waals surface area contributed by atoms with Crippen LogP contribution in [0.1, 0.15) is 34.0 Å². The molecule has 37 heavy (non-hydrogen) atoms. The fourth-order valence-electron chi connectivity index (χ4n) is 3.88. The van der Waals surface area contributed by atoms with Crippen LogP contribution in [-0.4, -0.2) is 44.6 Å². The molecule has 0 unspecified atom stereocenters. The topological polar surface area (TPSA) is 105 Å². The highest BCUT2D eigenvalue weighted by molar-refractivity contribution is 5.95. The first kappa shape index (κ1) is 25.8. The minimum atomic E-state index is -2.95. The van der Waals surface area contributed by atoms with Gasteiger partial charge in [0.15, 0.2) is 0 Å². The Bertz CT molecular complexity index is 1440.